The van der Waals surface area contributed by atoms with E-state index in [2.05, 4.69) is 10.3 Å². The number of alkyl halides is 3. The molecule has 0 heterocycles. The largest absolute Gasteiger partial charge is 0.496 e. The Hall–Kier alpha value is -1.37. The second kappa shape index (κ2) is 7.26. The summed E-state index contributed by atoms with van der Waals surface area (Å²) in [6.45, 7) is 4.13. The van der Waals surface area contributed by atoms with Gasteiger partial charge in [0.05, 0.1) is 13.2 Å². The van der Waals surface area contributed by atoms with Crippen molar-refractivity contribution in [1.29, 1.82) is 0 Å². The molecular weight excluding hydrogens is 313 g/mol. The maximum atomic E-state index is 13.0. The molecule has 1 N–H and O–H groups in total. The van der Waals surface area contributed by atoms with Crippen LogP contribution in [-0.2, 0) is 0 Å². The topological polar surface area (TPSA) is 33.6 Å². The molecule has 0 bridgehead atoms. The van der Waals surface area contributed by atoms with Crippen molar-refractivity contribution in [2.75, 3.05) is 14.2 Å². The fourth-order valence-corrected chi connectivity index (χ4v) is 2.65. The fourth-order valence-electron chi connectivity index (χ4n) is 1.73. The number of hydrogen-bond acceptors (Lipinski definition) is 3. The van der Waals surface area contributed by atoms with Gasteiger partial charge in [0.15, 0.2) is 5.17 Å². The summed E-state index contributed by atoms with van der Waals surface area (Å²) in [6, 6.07) is 7.13. The highest BCUT2D eigenvalue weighted by atomic mass is 32.2. The molecule has 0 spiro atoms. The minimum Gasteiger partial charge on any atom is -0.496 e. The number of amidine groups is 1. The first-order chi connectivity index (χ1) is 10.1. The second-order valence-electron chi connectivity index (χ2n) is 5.25. The summed E-state index contributed by atoms with van der Waals surface area (Å²) >= 11 is 0.663. The Balaban J connectivity index is 2.87. The van der Waals surface area contributed by atoms with Crippen molar-refractivity contribution in [2.45, 2.75) is 37.7 Å². The normalized spacial score (nSPS) is 14.6. The summed E-state index contributed by atoms with van der Waals surface area (Å²) in [7, 11) is 3.03. The number of benzene rings is 1. The van der Waals surface area contributed by atoms with Crippen LogP contribution >= 0.6 is 11.8 Å². The molecule has 0 aliphatic rings. The van der Waals surface area contributed by atoms with Crippen LogP contribution in [0.4, 0.5) is 13.2 Å². The smallest absolute Gasteiger partial charge is 0.403 e. The number of nitrogens with zero attached hydrogens (tertiary/aromatic N) is 1. The van der Waals surface area contributed by atoms with Crippen molar-refractivity contribution in [3.63, 3.8) is 0 Å². The molecule has 0 fully saturated rings. The average molecular weight is 334 g/mol. The van der Waals surface area contributed by atoms with Crippen LogP contribution in [0.3, 0.4) is 0 Å². The lowest BCUT2D eigenvalue weighted by Gasteiger charge is -2.28. The van der Waals surface area contributed by atoms with Crippen molar-refractivity contribution in [2.24, 2.45) is 4.99 Å². The molecule has 124 valence electrons. The third-order valence-corrected chi connectivity index (χ3v) is 4.42. The summed E-state index contributed by atoms with van der Waals surface area (Å²) < 4.78 is 42.3. The van der Waals surface area contributed by atoms with Gasteiger partial charge in [-0.25, -0.2) is 0 Å². The Kier molecular flexibility index (Phi) is 6.17. The Bertz CT molecular complexity index is 530. The van der Waals surface area contributed by atoms with Crippen molar-refractivity contribution < 1.29 is 17.9 Å². The molecule has 1 aromatic carbocycles. The molecule has 1 aromatic rings. The predicted molar refractivity (Wildman–Crippen MR) is 85.6 cm³/mol. The lowest BCUT2D eigenvalue weighted by Crippen LogP contribution is -2.39. The van der Waals surface area contributed by atoms with E-state index in [0.717, 1.165) is 19.4 Å². The highest BCUT2D eigenvalue weighted by Gasteiger charge is 2.49. The average Bonchev–Trinajstić information content (AvgIpc) is 2.44. The quantitative estimate of drug-likeness (QED) is 0.654. The zero-order valence-corrected chi connectivity index (χ0v) is 14.1. The van der Waals surface area contributed by atoms with E-state index in [4.69, 9.17) is 4.74 Å². The lowest BCUT2D eigenvalue weighted by atomic mass is 10.1. The molecule has 1 atom stereocenters. The van der Waals surface area contributed by atoms with Gasteiger partial charge in [-0.2, -0.15) is 13.2 Å². The Morgan fingerprint density at radius 1 is 1.27 bits per heavy atom. The van der Waals surface area contributed by atoms with E-state index in [1.807, 2.05) is 31.2 Å². The highest BCUT2D eigenvalue weighted by molar-refractivity contribution is 8.15. The molecule has 1 rings (SSSR count). The van der Waals surface area contributed by atoms with Crippen molar-refractivity contribution >= 4 is 16.9 Å². The van der Waals surface area contributed by atoms with E-state index in [1.54, 1.807) is 7.11 Å². The van der Waals surface area contributed by atoms with Crippen LogP contribution < -0.4 is 10.1 Å². The van der Waals surface area contributed by atoms with Crippen LogP contribution in [0.1, 0.15) is 32.4 Å². The molecule has 0 amide bonds. The van der Waals surface area contributed by atoms with Gasteiger partial charge in [0.25, 0.3) is 0 Å². The summed E-state index contributed by atoms with van der Waals surface area (Å²) in [4.78, 5) is 3.94. The van der Waals surface area contributed by atoms with Crippen LogP contribution in [0.5, 0.6) is 5.75 Å². The molecule has 0 unspecified atom stereocenters. The first-order valence-electron chi connectivity index (χ1n) is 6.74. The molecule has 3 nitrogen and oxygen atoms in total. The van der Waals surface area contributed by atoms with Crippen molar-refractivity contribution in [3.05, 3.63) is 29.8 Å². The molecule has 0 aliphatic heterocycles. The number of rotatable bonds is 4. The zero-order chi connectivity index (χ0) is 17.0. The predicted octanol–water partition coefficient (Wildman–Crippen LogP) is 4.41. The number of methoxy groups -OCH3 is 1. The number of para-hydroxylation sites is 1. The third kappa shape index (κ3) is 4.56. The first-order valence-corrected chi connectivity index (χ1v) is 7.56. The van der Waals surface area contributed by atoms with E-state index >= 15 is 0 Å². The standard InChI is InChI=1S/C15H21F3N2OS/c1-10(11-8-6-7-9-12(11)21-5)20-13(19-4)22-14(2,3)15(16,17)18/h6-10H,1-5H3,(H,19,20)/t10-/m0/s1. The van der Waals surface area contributed by atoms with Crippen molar-refractivity contribution in [3.8, 4) is 5.75 Å². The van der Waals surface area contributed by atoms with Crippen LogP contribution in [0.15, 0.2) is 29.3 Å². The number of halogens is 3. The van der Waals surface area contributed by atoms with Crippen LogP contribution in [-0.4, -0.2) is 30.2 Å². The molecular formula is C15H21F3N2OS. The van der Waals surface area contributed by atoms with Crippen LogP contribution in [0, 0.1) is 0 Å². The van der Waals surface area contributed by atoms with Gasteiger partial charge in [0.1, 0.15) is 10.5 Å². The number of ether oxygens (including phenoxy) is 1. The van der Waals surface area contributed by atoms with E-state index in [0.29, 0.717) is 17.5 Å². The Morgan fingerprint density at radius 2 is 1.86 bits per heavy atom. The summed E-state index contributed by atoms with van der Waals surface area (Å²) in [5, 5.41) is 3.26. The van der Waals surface area contributed by atoms with Gasteiger partial charge >= 0.3 is 6.18 Å². The van der Waals surface area contributed by atoms with E-state index < -0.39 is 10.9 Å². The summed E-state index contributed by atoms with van der Waals surface area (Å²) in [5.41, 5.74) is 0.858. The van der Waals surface area contributed by atoms with Crippen molar-refractivity contribution in [1.82, 2.24) is 5.32 Å². The van der Waals surface area contributed by atoms with E-state index in [9.17, 15) is 13.2 Å². The second-order valence-corrected chi connectivity index (χ2v) is 6.86. The zero-order valence-electron chi connectivity index (χ0n) is 13.3. The highest BCUT2D eigenvalue weighted by Crippen LogP contribution is 2.41. The molecule has 0 radical (unpaired) electrons. The molecule has 0 saturated heterocycles. The maximum absolute atomic E-state index is 13.0. The Morgan fingerprint density at radius 3 is 2.36 bits per heavy atom. The molecule has 0 saturated carbocycles. The van der Waals surface area contributed by atoms with Gasteiger partial charge in [-0.3, -0.25) is 4.99 Å². The maximum Gasteiger partial charge on any atom is 0.403 e. The lowest BCUT2D eigenvalue weighted by molar-refractivity contribution is -0.150. The van der Waals surface area contributed by atoms with Gasteiger partial charge in [0.2, 0.25) is 0 Å². The van der Waals surface area contributed by atoms with Gasteiger partial charge in [-0.1, -0.05) is 30.0 Å². The number of thioether (sulfide) groups is 1. The molecule has 22 heavy (non-hydrogen) atoms. The number of aliphatic imine (C=N–C) groups is 1. The number of nitrogens with one attached hydrogen (secondary N) is 1. The minimum atomic E-state index is -4.32. The van der Waals surface area contributed by atoms with Crippen LogP contribution in [0.25, 0.3) is 0 Å². The van der Waals surface area contributed by atoms with Gasteiger partial charge < -0.3 is 10.1 Å². The Labute approximate surface area is 133 Å². The molecule has 0 aliphatic carbocycles. The monoisotopic (exact) mass is 334 g/mol. The third-order valence-electron chi connectivity index (χ3n) is 3.18. The van der Waals surface area contributed by atoms with Gasteiger partial charge in [0, 0.05) is 12.6 Å². The number of hydrogen-bond donors (Lipinski definition) is 1. The summed E-state index contributed by atoms with van der Waals surface area (Å²) in [6.07, 6.45) is -4.32. The first kappa shape index (κ1) is 18.7. The molecule has 7 heteroatoms. The minimum absolute atomic E-state index is 0.230. The van der Waals surface area contributed by atoms with Crippen LogP contribution in [0.2, 0.25) is 0 Å². The van der Waals surface area contributed by atoms with Gasteiger partial charge in [-0.05, 0) is 26.8 Å². The molecule has 0 aromatic heterocycles. The summed E-state index contributed by atoms with van der Waals surface area (Å²) in [5.74, 6) is 0.679. The van der Waals surface area contributed by atoms with E-state index in [-0.39, 0.29) is 11.2 Å². The fraction of sp³-hybridized carbons (Fsp3) is 0.533. The SMILES string of the molecule is CN=C(N[C@@H](C)c1ccccc1OC)SC(C)(C)C(F)(F)F. The van der Waals surface area contributed by atoms with Gasteiger partial charge in [-0.15, -0.1) is 0 Å². The van der Waals surface area contributed by atoms with E-state index in [1.165, 1.54) is 7.05 Å².